The van der Waals surface area contributed by atoms with Crippen molar-refractivity contribution in [2.24, 2.45) is 0 Å². The van der Waals surface area contributed by atoms with E-state index in [9.17, 15) is 9.59 Å². The summed E-state index contributed by atoms with van der Waals surface area (Å²) in [4.78, 5) is 27.0. The Labute approximate surface area is 137 Å². The summed E-state index contributed by atoms with van der Waals surface area (Å²) in [6.45, 7) is 0.567. The van der Waals surface area contributed by atoms with Gasteiger partial charge in [-0.3, -0.25) is 25.0 Å². The largest absolute Gasteiger partial charge is 0.368 e. The molecular formula is C15H16N4O3S. The van der Waals surface area contributed by atoms with Crippen LogP contribution >= 0.6 is 12.2 Å². The van der Waals surface area contributed by atoms with Crippen molar-refractivity contribution in [1.29, 1.82) is 0 Å². The monoisotopic (exact) mass is 332 g/mol. The molecule has 8 heteroatoms. The van der Waals surface area contributed by atoms with Gasteiger partial charge < -0.3 is 9.72 Å². The number of rotatable bonds is 3. The molecule has 3 N–H and O–H groups in total. The van der Waals surface area contributed by atoms with E-state index in [1.165, 1.54) is 6.20 Å². The molecule has 1 unspecified atom stereocenters. The Kier molecular flexibility index (Phi) is 4.54. The summed E-state index contributed by atoms with van der Waals surface area (Å²) in [5.74, 6) is -0.816. The van der Waals surface area contributed by atoms with Crippen molar-refractivity contribution in [2.75, 3.05) is 6.61 Å². The number of hydrogen-bond donors (Lipinski definition) is 3. The highest BCUT2D eigenvalue weighted by Gasteiger charge is 2.24. The van der Waals surface area contributed by atoms with Crippen molar-refractivity contribution in [1.82, 2.24) is 20.4 Å². The first-order valence-electron chi connectivity index (χ1n) is 7.24. The van der Waals surface area contributed by atoms with Crippen molar-refractivity contribution in [2.45, 2.75) is 18.9 Å². The number of carbonyl (C=O) groups is 2. The van der Waals surface area contributed by atoms with Crippen molar-refractivity contribution in [3.05, 3.63) is 47.0 Å². The van der Waals surface area contributed by atoms with Crippen LogP contribution in [0.15, 0.2) is 36.5 Å². The lowest BCUT2D eigenvalue weighted by atomic mass is 10.2. The number of imidazole rings is 1. The van der Waals surface area contributed by atoms with Gasteiger partial charge in [0.05, 0.1) is 0 Å². The average molecular weight is 332 g/mol. The van der Waals surface area contributed by atoms with E-state index in [4.69, 9.17) is 17.0 Å². The molecule has 1 atom stereocenters. The quantitative estimate of drug-likeness (QED) is 0.587. The molecule has 1 aliphatic rings. The zero-order valence-electron chi connectivity index (χ0n) is 12.2. The average Bonchev–Trinajstić information content (AvgIpc) is 3.22. The summed E-state index contributed by atoms with van der Waals surface area (Å²) < 4.78 is 7.25. The molecule has 0 aliphatic carbocycles. The molecule has 2 amide bonds. The van der Waals surface area contributed by atoms with E-state index < -0.39 is 12.0 Å². The summed E-state index contributed by atoms with van der Waals surface area (Å²) in [5, 5.41) is 0. The van der Waals surface area contributed by atoms with Crippen LogP contribution in [0.4, 0.5) is 0 Å². The van der Waals surface area contributed by atoms with Gasteiger partial charge in [0.15, 0.2) is 4.77 Å². The molecule has 1 fully saturated rings. The zero-order chi connectivity index (χ0) is 16.2. The topological polar surface area (TPSA) is 88.2 Å². The first-order chi connectivity index (χ1) is 11.2. The molecule has 3 rings (SSSR count). The first kappa shape index (κ1) is 15.4. The molecule has 1 aliphatic heterocycles. The molecule has 0 bridgehead atoms. The lowest BCUT2D eigenvalue weighted by Gasteiger charge is -2.12. The summed E-state index contributed by atoms with van der Waals surface area (Å²) in [5.41, 5.74) is 5.84. The number of hydrogen-bond acceptors (Lipinski definition) is 4. The van der Waals surface area contributed by atoms with Gasteiger partial charge in [-0.15, -0.1) is 0 Å². The van der Waals surface area contributed by atoms with Crippen LogP contribution in [0.25, 0.3) is 5.69 Å². The Morgan fingerprint density at radius 1 is 1.26 bits per heavy atom. The summed E-state index contributed by atoms with van der Waals surface area (Å²) >= 11 is 5.22. The number of aromatic nitrogens is 2. The Bertz CT molecular complexity index is 763. The fraction of sp³-hybridized carbons (Fsp3) is 0.267. The molecule has 0 saturated carbocycles. The van der Waals surface area contributed by atoms with Gasteiger partial charge in [-0.25, -0.2) is 0 Å². The summed E-state index contributed by atoms with van der Waals surface area (Å²) in [6, 6.07) is 9.26. The number of benzene rings is 1. The van der Waals surface area contributed by atoms with E-state index in [-0.39, 0.29) is 5.91 Å². The molecule has 7 nitrogen and oxygen atoms in total. The second kappa shape index (κ2) is 6.76. The maximum atomic E-state index is 12.3. The molecular weight excluding hydrogens is 316 g/mol. The molecule has 2 aromatic rings. The predicted molar refractivity (Wildman–Crippen MR) is 85.5 cm³/mol. The first-order valence-corrected chi connectivity index (χ1v) is 7.65. The number of aromatic amines is 1. The fourth-order valence-electron chi connectivity index (χ4n) is 2.42. The SMILES string of the molecule is O=C(NNC(=O)C1CCCO1)c1c[nH]c(=S)n1-c1ccccc1. The van der Waals surface area contributed by atoms with Gasteiger partial charge in [-0.05, 0) is 37.2 Å². The van der Waals surface area contributed by atoms with Crippen molar-refractivity contribution in [3.63, 3.8) is 0 Å². The third kappa shape index (κ3) is 3.33. The maximum Gasteiger partial charge on any atom is 0.288 e. The van der Waals surface area contributed by atoms with Crippen LogP contribution in [0.2, 0.25) is 0 Å². The summed E-state index contributed by atoms with van der Waals surface area (Å²) in [7, 11) is 0. The van der Waals surface area contributed by atoms with Crippen LogP contribution in [-0.2, 0) is 9.53 Å². The van der Waals surface area contributed by atoms with E-state index in [1.807, 2.05) is 30.3 Å². The van der Waals surface area contributed by atoms with Gasteiger partial charge in [-0.1, -0.05) is 18.2 Å². The van der Waals surface area contributed by atoms with Crippen LogP contribution in [0.5, 0.6) is 0 Å². The normalized spacial score (nSPS) is 17.0. The number of H-pyrrole nitrogens is 1. The van der Waals surface area contributed by atoms with Gasteiger partial charge >= 0.3 is 0 Å². The number of nitrogens with one attached hydrogen (secondary N) is 3. The van der Waals surface area contributed by atoms with E-state index >= 15 is 0 Å². The lowest BCUT2D eigenvalue weighted by molar-refractivity contribution is -0.130. The molecule has 120 valence electrons. The van der Waals surface area contributed by atoms with Gasteiger partial charge in [0.2, 0.25) is 0 Å². The second-order valence-electron chi connectivity index (χ2n) is 5.10. The zero-order valence-corrected chi connectivity index (χ0v) is 13.1. The van der Waals surface area contributed by atoms with Crippen LogP contribution in [0, 0.1) is 4.77 Å². The Morgan fingerprint density at radius 2 is 2.04 bits per heavy atom. The van der Waals surface area contributed by atoms with E-state index in [0.29, 0.717) is 23.5 Å². The van der Waals surface area contributed by atoms with E-state index in [2.05, 4.69) is 15.8 Å². The lowest BCUT2D eigenvalue weighted by Crippen LogP contribution is -2.46. The van der Waals surface area contributed by atoms with Crippen LogP contribution in [0.1, 0.15) is 23.3 Å². The van der Waals surface area contributed by atoms with Crippen LogP contribution in [0.3, 0.4) is 0 Å². The van der Waals surface area contributed by atoms with Gasteiger partial charge in [-0.2, -0.15) is 0 Å². The predicted octanol–water partition coefficient (Wildman–Crippen LogP) is 1.47. The highest BCUT2D eigenvalue weighted by molar-refractivity contribution is 7.71. The summed E-state index contributed by atoms with van der Waals surface area (Å²) in [6.07, 6.45) is 2.50. The smallest absolute Gasteiger partial charge is 0.288 e. The third-order valence-corrected chi connectivity index (χ3v) is 3.85. The van der Waals surface area contributed by atoms with Crippen LogP contribution < -0.4 is 10.9 Å². The second-order valence-corrected chi connectivity index (χ2v) is 5.48. The molecule has 0 spiro atoms. The number of carbonyl (C=O) groups excluding carboxylic acids is 2. The number of ether oxygens (including phenoxy) is 1. The minimum Gasteiger partial charge on any atom is -0.368 e. The molecule has 1 aromatic carbocycles. The molecule has 23 heavy (non-hydrogen) atoms. The third-order valence-electron chi connectivity index (χ3n) is 3.54. The van der Waals surface area contributed by atoms with Gasteiger partial charge in [0.1, 0.15) is 11.8 Å². The minimum absolute atomic E-state index is 0.300. The van der Waals surface area contributed by atoms with Crippen molar-refractivity contribution < 1.29 is 14.3 Å². The van der Waals surface area contributed by atoms with E-state index in [0.717, 1.165) is 12.1 Å². The fourth-order valence-corrected chi connectivity index (χ4v) is 2.68. The number of amides is 2. The van der Waals surface area contributed by atoms with Gasteiger partial charge in [0.25, 0.3) is 11.8 Å². The highest BCUT2D eigenvalue weighted by Crippen LogP contribution is 2.13. The van der Waals surface area contributed by atoms with E-state index in [1.54, 1.807) is 4.57 Å². The van der Waals surface area contributed by atoms with Gasteiger partial charge in [0, 0.05) is 18.5 Å². The Morgan fingerprint density at radius 3 is 2.74 bits per heavy atom. The standard InChI is InChI=1S/C15H16N4O3S/c20-13(17-18-14(21)12-7-4-8-22-12)11-9-16-15(23)19(11)10-5-2-1-3-6-10/h1-3,5-6,9,12H,4,7-8H2,(H,16,23)(H,17,20)(H,18,21). The van der Waals surface area contributed by atoms with Crippen molar-refractivity contribution >= 4 is 24.0 Å². The maximum absolute atomic E-state index is 12.3. The molecule has 0 radical (unpaired) electrons. The highest BCUT2D eigenvalue weighted by atomic mass is 32.1. The molecule has 1 saturated heterocycles. The number of nitrogens with zero attached hydrogens (tertiary/aromatic N) is 1. The molecule has 1 aromatic heterocycles. The molecule has 2 heterocycles. The van der Waals surface area contributed by atoms with Crippen molar-refractivity contribution in [3.8, 4) is 5.69 Å². The Hall–Kier alpha value is -2.45. The minimum atomic E-state index is -0.503. The number of para-hydroxylation sites is 1. The number of hydrazine groups is 1. The van der Waals surface area contributed by atoms with Crippen LogP contribution in [-0.4, -0.2) is 34.1 Å². The Balaban J connectivity index is 1.73.